The van der Waals surface area contributed by atoms with Crippen molar-refractivity contribution in [3.63, 3.8) is 0 Å². The summed E-state index contributed by atoms with van der Waals surface area (Å²) in [5, 5.41) is 0. The van der Waals surface area contributed by atoms with E-state index in [1.165, 1.54) is 0 Å². The highest BCUT2D eigenvalue weighted by molar-refractivity contribution is 5.37. The molecule has 62 valence electrons. The van der Waals surface area contributed by atoms with Gasteiger partial charge in [0.05, 0.1) is 18.6 Å². The first-order valence-electron chi connectivity index (χ1n) is 3.33. The lowest BCUT2D eigenvalue weighted by Crippen LogP contribution is -1.98. The van der Waals surface area contributed by atoms with Crippen molar-refractivity contribution in [1.82, 2.24) is 0 Å². The summed E-state index contributed by atoms with van der Waals surface area (Å²) in [5.41, 5.74) is 0. The monoisotopic (exact) mass is 156 g/mol. The number of ether oxygens (including phenoxy) is 1. The van der Waals surface area contributed by atoms with Gasteiger partial charge in [-0.25, -0.2) is 0 Å². The Morgan fingerprint density at radius 2 is 1.91 bits per heavy atom. The lowest BCUT2D eigenvalue weighted by Gasteiger charge is -1.96. The number of hydrogen-bond donors (Lipinski definition) is 0. The van der Waals surface area contributed by atoms with Crippen LogP contribution in [0.1, 0.15) is 13.8 Å². The smallest absolute Gasteiger partial charge is 0.293 e. The van der Waals surface area contributed by atoms with Crippen LogP contribution < -0.4 is 0 Å². The first kappa shape index (κ1) is 9.75. The van der Waals surface area contributed by atoms with E-state index in [1.807, 2.05) is 12.1 Å². The number of hydrogen-bond acceptors (Lipinski definition) is 3. The normalized spacial score (nSPS) is 8.27. The molecule has 11 heavy (non-hydrogen) atoms. The second-order valence-electron chi connectivity index (χ2n) is 2.07. The predicted molar refractivity (Wildman–Crippen MR) is 41.0 cm³/mol. The van der Waals surface area contributed by atoms with Gasteiger partial charge < -0.3 is 9.15 Å². The summed E-state index contributed by atoms with van der Waals surface area (Å²) in [6.45, 7) is 4.05. The highest BCUT2D eigenvalue weighted by Crippen LogP contribution is 1.80. The molecule has 0 unspecified atom stereocenters. The van der Waals surface area contributed by atoms with Gasteiger partial charge >= 0.3 is 0 Å². The topological polar surface area (TPSA) is 39.4 Å². The SMILES string of the molecule is CC(C)OC=O.c1ccoc1. The molecule has 0 N–H and O–H groups in total. The Labute approximate surface area is 66.0 Å². The Hall–Kier alpha value is -1.25. The maximum Gasteiger partial charge on any atom is 0.293 e. The van der Waals surface area contributed by atoms with E-state index in [4.69, 9.17) is 0 Å². The van der Waals surface area contributed by atoms with E-state index in [1.54, 1.807) is 26.4 Å². The second-order valence-corrected chi connectivity index (χ2v) is 2.07. The molecule has 0 radical (unpaired) electrons. The Balaban J connectivity index is 0.000000183. The second kappa shape index (κ2) is 6.86. The zero-order chi connectivity index (χ0) is 8.53. The molecule has 0 bridgehead atoms. The van der Waals surface area contributed by atoms with E-state index >= 15 is 0 Å². The molecule has 0 aliphatic carbocycles. The van der Waals surface area contributed by atoms with Crippen LogP contribution >= 0.6 is 0 Å². The quantitative estimate of drug-likeness (QED) is 0.613. The summed E-state index contributed by atoms with van der Waals surface area (Å²) in [5.74, 6) is 0. The lowest BCUT2D eigenvalue weighted by atomic mass is 10.5. The first-order valence-corrected chi connectivity index (χ1v) is 3.33. The minimum atomic E-state index is 0.0301. The average Bonchev–Trinajstić information content (AvgIpc) is 2.41. The standard InChI is InChI=1S/C4H8O2.C4H4O/c1-4(2)6-3-5;1-2-4-5-3-1/h3-4H,1-2H3;1-4H. The van der Waals surface area contributed by atoms with Crippen LogP contribution in [-0.4, -0.2) is 12.6 Å². The number of furan rings is 1. The molecular formula is C8H12O3. The van der Waals surface area contributed by atoms with Crippen LogP contribution in [0.2, 0.25) is 0 Å². The van der Waals surface area contributed by atoms with Crippen LogP contribution in [0.25, 0.3) is 0 Å². The Morgan fingerprint density at radius 1 is 1.36 bits per heavy atom. The molecule has 0 atom stereocenters. The third-order valence-electron chi connectivity index (χ3n) is 0.753. The van der Waals surface area contributed by atoms with Gasteiger partial charge in [0, 0.05) is 0 Å². The number of rotatable bonds is 2. The molecule has 0 aliphatic heterocycles. The summed E-state index contributed by atoms with van der Waals surface area (Å²) in [4.78, 5) is 9.39. The van der Waals surface area contributed by atoms with Crippen molar-refractivity contribution in [2.24, 2.45) is 0 Å². The van der Waals surface area contributed by atoms with E-state index < -0.39 is 0 Å². The van der Waals surface area contributed by atoms with Gasteiger partial charge in [0.1, 0.15) is 0 Å². The van der Waals surface area contributed by atoms with Gasteiger partial charge in [-0.05, 0) is 26.0 Å². The van der Waals surface area contributed by atoms with Crippen LogP contribution in [0.5, 0.6) is 0 Å². The summed E-state index contributed by atoms with van der Waals surface area (Å²) in [7, 11) is 0. The largest absolute Gasteiger partial charge is 0.473 e. The van der Waals surface area contributed by atoms with Crippen molar-refractivity contribution in [2.45, 2.75) is 20.0 Å². The van der Waals surface area contributed by atoms with Crippen molar-refractivity contribution in [3.05, 3.63) is 24.7 Å². The first-order chi connectivity index (χ1) is 5.27. The van der Waals surface area contributed by atoms with E-state index in [0.717, 1.165) is 0 Å². The molecule has 1 aromatic rings. The third kappa shape index (κ3) is 8.75. The molecule has 0 saturated heterocycles. The molecular weight excluding hydrogens is 144 g/mol. The summed E-state index contributed by atoms with van der Waals surface area (Å²) in [6.07, 6.45) is 3.28. The minimum Gasteiger partial charge on any atom is -0.473 e. The highest BCUT2D eigenvalue weighted by Gasteiger charge is 1.83. The van der Waals surface area contributed by atoms with E-state index in [9.17, 15) is 4.79 Å². The van der Waals surface area contributed by atoms with Crippen LogP contribution in [-0.2, 0) is 9.53 Å². The van der Waals surface area contributed by atoms with Gasteiger partial charge in [-0.1, -0.05) is 0 Å². The molecule has 0 saturated carbocycles. The zero-order valence-electron chi connectivity index (χ0n) is 6.69. The maximum atomic E-state index is 9.39. The van der Waals surface area contributed by atoms with Crippen LogP contribution in [0.15, 0.2) is 29.1 Å². The number of carbonyl (C=O) groups is 1. The molecule has 1 aromatic heterocycles. The fourth-order valence-corrected chi connectivity index (χ4v) is 0.338. The average molecular weight is 156 g/mol. The Kier molecular flexibility index (Phi) is 6.08. The molecule has 0 amide bonds. The molecule has 0 aromatic carbocycles. The minimum absolute atomic E-state index is 0.0301. The predicted octanol–water partition coefficient (Wildman–Crippen LogP) is 1.85. The van der Waals surface area contributed by atoms with Gasteiger partial charge in [0.25, 0.3) is 6.47 Å². The maximum absolute atomic E-state index is 9.39. The van der Waals surface area contributed by atoms with Gasteiger partial charge in [0.15, 0.2) is 0 Å². The Morgan fingerprint density at radius 3 is 2.00 bits per heavy atom. The van der Waals surface area contributed by atoms with E-state index in [0.29, 0.717) is 6.47 Å². The van der Waals surface area contributed by atoms with Crippen molar-refractivity contribution >= 4 is 6.47 Å². The lowest BCUT2D eigenvalue weighted by molar-refractivity contribution is -0.131. The van der Waals surface area contributed by atoms with Gasteiger partial charge in [-0.2, -0.15) is 0 Å². The fourth-order valence-electron chi connectivity index (χ4n) is 0.338. The fraction of sp³-hybridized carbons (Fsp3) is 0.375. The molecule has 0 aliphatic rings. The van der Waals surface area contributed by atoms with Crippen LogP contribution in [0.3, 0.4) is 0 Å². The van der Waals surface area contributed by atoms with Crippen LogP contribution in [0, 0.1) is 0 Å². The summed E-state index contributed by atoms with van der Waals surface area (Å²) in [6, 6.07) is 3.67. The molecule has 3 nitrogen and oxygen atoms in total. The molecule has 1 heterocycles. The summed E-state index contributed by atoms with van der Waals surface area (Å²) < 4.78 is 8.94. The zero-order valence-corrected chi connectivity index (χ0v) is 6.69. The summed E-state index contributed by atoms with van der Waals surface area (Å²) >= 11 is 0. The van der Waals surface area contributed by atoms with E-state index in [-0.39, 0.29) is 6.10 Å². The van der Waals surface area contributed by atoms with Gasteiger partial charge in [-0.15, -0.1) is 0 Å². The third-order valence-corrected chi connectivity index (χ3v) is 0.753. The van der Waals surface area contributed by atoms with Crippen molar-refractivity contribution < 1.29 is 13.9 Å². The molecule has 3 heteroatoms. The highest BCUT2D eigenvalue weighted by atomic mass is 16.5. The molecule has 0 fully saturated rings. The molecule has 1 rings (SSSR count). The molecule has 0 spiro atoms. The van der Waals surface area contributed by atoms with Crippen molar-refractivity contribution in [3.8, 4) is 0 Å². The van der Waals surface area contributed by atoms with Gasteiger partial charge in [-0.3, -0.25) is 4.79 Å². The number of carbonyl (C=O) groups excluding carboxylic acids is 1. The Bertz CT molecular complexity index is 139. The van der Waals surface area contributed by atoms with Crippen molar-refractivity contribution in [1.29, 1.82) is 0 Å². The van der Waals surface area contributed by atoms with Crippen LogP contribution in [0.4, 0.5) is 0 Å². The van der Waals surface area contributed by atoms with Crippen molar-refractivity contribution in [2.75, 3.05) is 0 Å². The van der Waals surface area contributed by atoms with Gasteiger partial charge in [0.2, 0.25) is 0 Å². The van der Waals surface area contributed by atoms with E-state index in [2.05, 4.69) is 9.15 Å².